The lowest BCUT2D eigenvalue weighted by atomic mass is 9.35. The van der Waals surface area contributed by atoms with E-state index in [0.29, 0.717) is 30.0 Å². The molecule has 5 aliphatic rings. The highest BCUT2D eigenvalue weighted by Gasteiger charge is 2.71. The largest absolute Gasteiger partial charge is 0.393 e. The van der Waals surface area contributed by atoms with Gasteiger partial charge in [-0.15, -0.1) is 0 Å². The van der Waals surface area contributed by atoms with Crippen molar-refractivity contribution in [2.75, 3.05) is 0 Å². The minimum absolute atomic E-state index is 0.0682. The Bertz CT molecular complexity index is 858. The fraction of sp³-hybridized carbons (Fsp3) is 0.967. The monoisotopic (exact) mass is 474 g/mol. The van der Waals surface area contributed by atoms with E-state index < -0.39 is 5.60 Å². The van der Waals surface area contributed by atoms with Crippen LogP contribution in [0, 0.1) is 45.3 Å². The van der Waals surface area contributed by atoms with Crippen LogP contribution in [0.25, 0.3) is 0 Å². The van der Waals surface area contributed by atoms with Crippen LogP contribution in [0.5, 0.6) is 0 Å². The van der Waals surface area contributed by atoms with Gasteiger partial charge in [0.15, 0.2) is 0 Å². The van der Waals surface area contributed by atoms with Gasteiger partial charge in [-0.3, -0.25) is 4.79 Å². The van der Waals surface area contributed by atoms with Crippen molar-refractivity contribution < 1.29 is 19.7 Å². The third-order valence-corrected chi connectivity index (χ3v) is 13.0. The van der Waals surface area contributed by atoms with Crippen LogP contribution in [0.2, 0.25) is 0 Å². The average molecular weight is 475 g/mol. The summed E-state index contributed by atoms with van der Waals surface area (Å²) in [4.78, 5) is 12.9. The second kappa shape index (κ2) is 7.32. The molecular formula is C30H50O4. The van der Waals surface area contributed by atoms with E-state index in [-0.39, 0.29) is 45.4 Å². The Morgan fingerprint density at radius 2 is 1.53 bits per heavy atom. The van der Waals surface area contributed by atoms with E-state index in [9.17, 15) is 15.0 Å². The van der Waals surface area contributed by atoms with Gasteiger partial charge in [0, 0.05) is 11.8 Å². The molecule has 2 N–H and O–H groups in total. The molecule has 4 nitrogen and oxygen atoms in total. The Balaban J connectivity index is 1.49. The Morgan fingerprint density at radius 1 is 0.882 bits per heavy atom. The SMILES string of the molecule is CC(C)(O)[C@H]1CC[C@@](C)([C@H]2CC[C@@]3(C)[C@@H]2[C@H](O)C[C@@H]2[C@@]4(C)CCC(=O)C(C)(C)[C@H]4CC[C@]23C)O1. The Labute approximate surface area is 207 Å². The van der Waals surface area contributed by atoms with E-state index in [1.165, 1.54) is 0 Å². The minimum atomic E-state index is -0.833. The summed E-state index contributed by atoms with van der Waals surface area (Å²) >= 11 is 0. The summed E-state index contributed by atoms with van der Waals surface area (Å²) in [6.07, 6.45) is 8.43. The highest BCUT2D eigenvalue weighted by molar-refractivity contribution is 5.85. The number of ether oxygens (including phenoxy) is 1. The van der Waals surface area contributed by atoms with Crippen molar-refractivity contribution in [2.45, 2.75) is 137 Å². The van der Waals surface area contributed by atoms with Crippen LogP contribution in [-0.2, 0) is 9.53 Å². The van der Waals surface area contributed by atoms with E-state index in [1.54, 1.807) is 0 Å². The zero-order valence-corrected chi connectivity index (χ0v) is 23.0. The molecule has 0 aromatic heterocycles. The van der Waals surface area contributed by atoms with Crippen molar-refractivity contribution in [1.82, 2.24) is 0 Å². The first-order valence-corrected chi connectivity index (χ1v) is 14.1. The molecule has 34 heavy (non-hydrogen) atoms. The predicted molar refractivity (Wildman–Crippen MR) is 134 cm³/mol. The molecule has 5 fully saturated rings. The molecule has 4 saturated carbocycles. The van der Waals surface area contributed by atoms with E-state index in [2.05, 4.69) is 41.5 Å². The third kappa shape index (κ3) is 3.09. The van der Waals surface area contributed by atoms with Crippen molar-refractivity contribution in [3.05, 3.63) is 0 Å². The molecule has 0 spiro atoms. The maximum atomic E-state index is 12.9. The Morgan fingerprint density at radius 3 is 2.15 bits per heavy atom. The summed E-state index contributed by atoms with van der Waals surface area (Å²) in [5.74, 6) is 1.85. The van der Waals surface area contributed by atoms with Crippen LogP contribution < -0.4 is 0 Å². The van der Waals surface area contributed by atoms with E-state index in [1.807, 2.05) is 13.8 Å². The smallest absolute Gasteiger partial charge is 0.138 e. The lowest BCUT2D eigenvalue weighted by molar-refractivity contribution is -0.235. The highest BCUT2D eigenvalue weighted by atomic mass is 16.5. The molecule has 0 amide bonds. The van der Waals surface area contributed by atoms with Gasteiger partial charge in [0.1, 0.15) is 5.78 Å². The van der Waals surface area contributed by atoms with Crippen LogP contribution in [-0.4, -0.2) is 39.4 Å². The summed E-state index contributed by atoms with van der Waals surface area (Å²) in [6.45, 7) is 17.8. The van der Waals surface area contributed by atoms with Crippen LogP contribution in [0.3, 0.4) is 0 Å². The van der Waals surface area contributed by atoms with Gasteiger partial charge in [0.2, 0.25) is 0 Å². The maximum absolute atomic E-state index is 12.9. The zero-order chi connectivity index (χ0) is 25.1. The molecule has 0 radical (unpaired) electrons. The van der Waals surface area contributed by atoms with Gasteiger partial charge in [0.25, 0.3) is 0 Å². The zero-order valence-electron chi connectivity index (χ0n) is 23.0. The molecule has 0 unspecified atom stereocenters. The number of carbonyl (C=O) groups excluding carboxylic acids is 1. The number of aliphatic hydroxyl groups is 2. The third-order valence-electron chi connectivity index (χ3n) is 13.0. The van der Waals surface area contributed by atoms with Gasteiger partial charge in [-0.05, 0) is 112 Å². The molecule has 1 heterocycles. The van der Waals surface area contributed by atoms with Gasteiger partial charge in [-0.1, -0.05) is 34.6 Å². The maximum Gasteiger partial charge on any atom is 0.138 e. The van der Waals surface area contributed by atoms with Crippen molar-refractivity contribution in [3.63, 3.8) is 0 Å². The normalized spacial score (nSPS) is 54.9. The van der Waals surface area contributed by atoms with Crippen LogP contribution in [0.15, 0.2) is 0 Å². The van der Waals surface area contributed by atoms with Crippen LogP contribution in [0.4, 0.5) is 0 Å². The summed E-state index contributed by atoms with van der Waals surface area (Å²) in [7, 11) is 0. The molecule has 0 aromatic rings. The first kappa shape index (κ1) is 25.2. The van der Waals surface area contributed by atoms with Gasteiger partial charge in [0.05, 0.1) is 23.4 Å². The van der Waals surface area contributed by atoms with Crippen LogP contribution >= 0.6 is 0 Å². The van der Waals surface area contributed by atoms with E-state index in [0.717, 1.165) is 51.4 Å². The topological polar surface area (TPSA) is 66.8 Å². The molecule has 5 rings (SSSR count). The van der Waals surface area contributed by atoms with Crippen molar-refractivity contribution in [1.29, 1.82) is 0 Å². The number of fused-ring (bicyclic) bond motifs is 5. The number of ketones is 1. The van der Waals surface area contributed by atoms with Gasteiger partial charge in [-0.25, -0.2) is 0 Å². The summed E-state index contributed by atoms with van der Waals surface area (Å²) in [5, 5.41) is 22.5. The number of Topliss-reactive ketones (excluding diaryl/α,β-unsaturated/α-hetero) is 1. The first-order chi connectivity index (χ1) is 15.5. The molecule has 194 valence electrons. The average Bonchev–Trinajstić information content (AvgIpc) is 3.30. The van der Waals surface area contributed by atoms with Crippen molar-refractivity contribution >= 4 is 5.78 Å². The summed E-state index contributed by atoms with van der Waals surface area (Å²) < 4.78 is 6.65. The molecule has 0 bridgehead atoms. The standard InChI is InChI=1S/C30H50O4/c1-25(2)20-10-15-28(6)21(27(20,5)13-11-22(25)32)17-19(31)24-18(9-14-29(24,28)7)30(8)16-12-23(34-30)26(3,4)33/h18-21,23-24,31,33H,9-17H2,1-8H3/t18-,19+,20+,21+,23+,24-,27-,28+,29-,30-/m0/s1. The molecule has 1 aliphatic heterocycles. The van der Waals surface area contributed by atoms with E-state index in [4.69, 9.17) is 4.74 Å². The second-order valence-electron chi connectivity index (χ2n) is 15.2. The van der Waals surface area contributed by atoms with E-state index >= 15 is 0 Å². The van der Waals surface area contributed by atoms with Crippen molar-refractivity contribution in [2.24, 2.45) is 45.3 Å². The number of aliphatic hydroxyl groups excluding tert-OH is 1. The van der Waals surface area contributed by atoms with Gasteiger partial charge >= 0.3 is 0 Å². The number of rotatable bonds is 2. The fourth-order valence-corrected chi connectivity index (χ4v) is 10.9. The lowest BCUT2D eigenvalue weighted by Gasteiger charge is -2.69. The minimum Gasteiger partial charge on any atom is -0.393 e. The Hall–Kier alpha value is -0.450. The highest BCUT2D eigenvalue weighted by Crippen LogP contribution is 2.75. The fourth-order valence-electron chi connectivity index (χ4n) is 10.9. The number of carbonyl (C=O) groups is 1. The molecule has 4 heteroatoms. The Kier molecular flexibility index (Phi) is 5.42. The molecule has 4 aliphatic carbocycles. The summed E-state index contributed by atoms with van der Waals surface area (Å²) in [6, 6.07) is 0. The molecular weight excluding hydrogens is 424 g/mol. The first-order valence-electron chi connectivity index (χ1n) is 14.1. The quantitative estimate of drug-likeness (QED) is 0.521. The molecule has 1 saturated heterocycles. The van der Waals surface area contributed by atoms with Crippen molar-refractivity contribution in [3.8, 4) is 0 Å². The van der Waals surface area contributed by atoms with Crippen LogP contribution in [0.1, 0.15) is 113 Å². The second-order valence-corrected chi connectivity index (χ2v) is 15.2. The lowest BCUT2D eigenvalue weighted by Crippen LogP contribution is -2.66. The van der Waals surface area contributed by atoms with Gasteiger partial charge in [-0.2, -0.15) is 0 Å². The summed E-state index contributed by atoms with van der Waals surface area (Å²) in [5.41, 5.74) is -1.03. The molecule has 0 aromatic carbocycles. The molecule has 10 atom stereocenters. The predicted octanol–water partition coefficient (Wildman–Crippen LogP) is 5.92. The number of hydrogen-bond acceptors (Lipinski definition) is 4. The van der Waals surface area contributed by atoms with Gasteiger partial charge < -0.3 is 14.9 Å². The number of hydrogen-bond donors (Lipinski definition) is 2.